The molecule has 0 spiro atoms. The van der Waals surface area contributed by atoms with Crippen molar-refractivity contribution < 1.29 is 14.3 Å². The smallest absolute Gasteiger partial charge is 0.303 e. The van der Waals surface area contributed by atoms with Crippen molar-refractivity contribution in [3.8, 4) is 10.4 Å². The van der Waals surface area contributed by atoms with Crippen LogP contribution in [-0.2, 0) is 11.3 Å². The highest BCUT2D eigenvalue weighted by molar-refractivity contribution is 7.15. The molecule has 1 aromatic carbocycles. The Bertz CT molecular complexity index is 726. The summed E-state index contributed by atoms with van der Waals surface area (Å²) in [6.45, 7) is 6.07. The zero-order valence-corrected chi connectivity index (χ0v) is 15.7. The number of unbranched alkanes of at least 4 members (excludes halogenated alkanes) is 1. The van der Waals surface area contributed by atoms with Crippen molar-refractivity contribution in [1.29, 1.82) is 0 Å². The van der Waals surface area contributed by atoms with E-state index in [-0.39, 0.29) is 12.2 Å². The Hall–Kier alpha value is -1.76. The van der Waals surface area contributed by atoms with E-state index in [0.717, 1.165) is 62.6 Å². The normalized spacial score (nSPS) is 16.0. The predicted octanol–water partition coefficient (Wildman–Crippen LogP) is 3.93. The number of halogens is 1. The van der Waals surface area contributed by atoms with Crippen molar-refractivity contribution in [2.24, 2.45) is 0 Å². The van der Waals surface area contributed by atoms with E-state index in [2.05, 4.69) is 21.9 Å². The molecule has 1 saturated heterocycles. The van der Waals surface area contributed by atoms with Gasteiger partial charge in [0, 0.05) is 48.9 Å². The molecule has 1 fully saturated rings. The topological polar surface area (TPSA) is 43.8 Å². The van der Waals surface area contributed by atoms with E-state index in [1.807, 2.05) is 6.07 Å². The lowest BCUT2D eigenvalue weighted by Gasteiger charge is -2.34. The zero-order chi connectivity index (χ0) is 18.4. The van der Waals surface area contributed by atoms with E-state index >= 15 is 0 Å². The van der Waals surface area contributed by atoms with Gasteiger partial charge in [0.2, 0.25) is 0 Å². The summed E-state index contributed by atoms with van der Waals surface area (Å²) >= 11 is 1.73. The largest absolute Gasteiger partial charge is 0.481 e. The molecule has 0 aliphatic carbocycles. The zero-order valence-electron chi connectivity index (χ0n) is 14.9. The van der Waals surface area contributed by atoms with Crippen LogP contribution in [0.4, 0.5) is 4.39 Å². The molecule has 1 aliphatic rings. The molecule has 6 heteroatoms. The summed E-state index contributed by atoms with van der Waals surface area (Å²) in [5, 5.41) is 8.68. The third kappa shape index (κ3) is 5.62. The summed E-state index contributed by atoms with van der Waals surface area (Å²) in [7, 11) is 0. The second-order valence-corrected chi connectivity index (χ2v) is 7.91. The number of carboxylic acids is 1. The summed E-state index contributed by atoms with van der Waals surface area (Å²) in [5.74, 6) is -0.902. The van der Waals surface area contributed by atoms with Crippen LogP contribution in [0.5, 0.6) is 0 Å². The monoisotopic (exact) mass is 376 g/mol. The molecule has 2 aromatic rings. The van der Waals surface area contributed by atoms with Gasteiger partial charge in [0.05, 0.1) is 0 Å². The van der Waals surface area contributed by atoms with Gasteiger partial charge in [-0.25, -0.2) is 4.39 Å². The van der Waals surface area contributed by atoms with Crippen molar-refractivity contribution >= 4 is 17.3 Å². The molecule has 0 radical (unpaired) electrons. The molecule has 0 bridgehead atoms. The Labute approximate surface area is 157 Å². The number of piperazine rings is 1. The summed E-state index contributed by atoms with van der Waals surface area (Å²) in [4.78, 5) is 17.8. The number of aliphatic carboxylic acids is 1. The third-order valence-corrected chi connectivity index (χ3v) is 5.85. The van der Waals surface area contributed by atoms with Crippen LogP contribution in [0, 0.1) is 5.82 Å². The van der Waals surface area contributed by atoms with E-state index in [1.165, 1.54) is 10.9 Å². The number of carboxylic acid groups (broad SMARTS) is 1. The molecule has 1 N–H and O–H groups in total. The maximum atomic E-state index is 13.4. The molecule has 3 rings (SSSR count). The molecule has 26 heavy (non-hydrogen) atoms. The summed E-state index contributed by atoms with van der Waals surface area (Å²) in [5.41, 5.74) is 0.937. The van der Waals surface area contributed by atoms with E-state index < -0.39 is 5.97 Å². The van der Waals surface area contributed by atoms with E-state index in [0.29, 0.717) is 0 Å². The highest BCUT2D eigenvalue weighted by Crippen LogP contribution is 2.29. The van der Waals surface area contributed by atoms with Crippen LogP contribution in [0.1, 0.15) is 24.1 Å². The molecule has 0 atom stereocenters. The Morgan fingerprint density at radius 1 is 1.08 bits per heavy atom. The van der Waals surface area contributed by atoms with Crippen LogP contribution in [-0.4, -0.2) is 53.6 Å². The van der Waals surface area contributed by atoms with Gasteiger partial charge in [-0.2, -0.15) is 0 Å². The molecule has 4 nitrogen and oxygen atoms in total. The first-order chi connectivity index (χ1) is 12.6. The van der Waals surface area contributed by atoms with Crippen LogP contribution >= 0.6 is 11.3 Å². The Kier molecular flexibility index (Phi) is 6.77. The van der Waals surface area contributed by atoms with Crippen LogP contribution in [0.2, 0.25) is 0 Å². The Balaban J connectivity index is 1.43. The molecular formula is C20H25FN2O2S. The van der Waals surface area contributed by atoms with Gasteiger partial charge in [-0.3, -0.25) is 9.69 Å². The minimum atomic E-state index is -0.705. The van der Waals surface area contributed by atoms with Gasteiger partial charge in [-0.15, -0.1) is 11.3 Å². The van der Waals surface area contributed by atoms with E-state index in [1.54, 1.807) is 23.5 Å². The SMILES string of the molecule is O=C(O)CCCCN1CCN(Cc2ccc(-c3cccc(F)c3)s2)CC1. The number of rotatable bonds is 8. The Morgan fingerprint density at radius 3 is 2.58 bits per heavy atom. The lowest BCUT2D eigenvalue weighted by atomic mass is 10.2. The van der Waals surface area contributed by atoms with Crippen molar-refractivity contribution in [3.63, 3.8) is 0 Å². The maximum absolute atomic E-state index is 13.4. The van der Waals surface area contributed by atoms with E-state index in [4.69, 9.17) is 5.11 Å². The van der Waals surface area contributed by atoms with Gasteiger partial charge in [0.1, 0.15) is 5.82 Å². The Morgan fingerprint density at radius 2 is 1.85 bits per heavy atom. The number of benzene rings is 1. The first-order valence-corrected chi connectivity index (χ1v) is 9.93. The van der Waals surface area contributed by atoms with Gasteiger partial charge in [0.15, 0.2) is 0 Å². The maximum Gasteiger partial charge on any atom is 0.303 e. The molecule has 140 valence electrons. The quantitative estimate of drug-likeness (QED) is 0.709. The fraction of sp³-hybridized carbons (Fsp3) is 0.450. The van der Waals surface area contributed by atoms with Crippen molar-refractivity contribution in [2.75, 3.05) is 32.7 Å². The van der Waals surface area contributed by atoms with Crippen LogP contribution in [0.3, 0.4) is 0 Å². The van der Waals surface area contributed by atoms with Gasteiger partial charge >= 0.3 is 5.97 Å². The van der Waals surface area contributed by atoms with Crippen LogP contribution < -0.4 is 0 Å². The first kappa shape index (κ1) is 19.0. The molecule has 1 aliphatic heterocycles. The van der Waals surface area contributed by atoms with Crippen LogP contribution in [0.25, 0.3) is 10.4 Å². The molecule has 2 heterocycles. The molecule has 0 unspecified atom stereocenters. The van der Waals surface area contributed by atoms with Crippen molar-refractivity contribution in [2.45, 2.75) is 25.8 Å². The minimum Gasteiger partial charge on any atom is -0.481 e. The fourth-order valence-corrected chi connectivity index (χ4v) is 4.31. The lowest BCUT2D eigenvalue weighted by Crippen LogP contribution is -2.45. The predicted molar refractivity (Wildman–Crippen MR) is 103 cm³/mol. The molecule has 1 aromatic heterocycles. The van der Waals surface area contributed by atoms with Crippen LogP contribution in [0.15, 0.2) is 36.4 Å². The minimum absolute atomic E-state index is 0.197. The van der Waals surface area contributed by atoms with Crippen molar-refractivity contribution in [1.82, 2.24) is 9.80 Å². The number of hydrogen-bond donors (Lipinski definition) is 1. The lowest BCUT2D eigenvalue weighted by molar-refractivity contribution is -0.137. The highest BCUT2D eigenvalue weighted by Gasteiger charge is 2.17. The second kappa shape index (κ2) is 9.26. The van der Waals surface area contributed by atoms with Gasteiger partial charge < -0.3 is 10.0 Å². The number of nitrogens with zero attached hydrogens (tertiary/aromatic N) is 2. The molecular weight excluding hydrogens is 351 g/mol. The second-order valence-electron chi connectivity index (χ2n) is 6.74. The summed E-state index contributed by atoms with van der Waals surface area (Å²) in [6, 6.07) is 11.0. The first-order valence-electron chi connectivity index (χ1n) is 9.11. The number of thiophene rings is 1. The molecule has 0 amide bonds. The molecule has 0 saturated carbocycles. The van der Waals surface area contributed by atoms with Gasteiger partial charge in [0.25, 0.3) is 0 Å². The van der Waals surface area contributed by atoms with Crippen molar-refractivity contribution in [3.05, 3.63) is 47.1 Å². The van der Waals surface area contributed by atoms with Gasteiger partial charge in [-0.1, -0.05) is 12.1 Å². The average Bonchev–Trinajstić information content (AvgIpc) is 3.08. The highest BCUT2D eigenvalue weighted by atomic mass is 32.1. The fourth-order valence-electron chi connectivity index (χ4n) is 3.26. The number of hydrogen-bond acceptors (Lipinski definition) is 4. The summed E-state index contributed by atoms with van der Waals surface area (Å²) in [6.07, 6.45) is 1.98. The average molecular weight is 376 g/mol. The van der Waals surface area contributed by atoms with Gasteiger partial charge in [-0.05, 0) is 49.2 Å². The van der Waals surface area contributed by atoms with E-state index in [9.17, 15) is 9.18 Å². The summed E-state index contributed by atoms with van der Waals surface area (Å²) < 4.78 is 13.4. The third-order valence-electron chi connectivity index (χ3n) is 4.73. The number of carbonyl (C=O) groups is 1. The standard InChI is InChI=1S/C20H25FN2O2S/c21-17-5-3-4-16(14-17)19-8-7-18(26-19)15-23-12-10-22(11-13-23)9-2-1-6-20(24)25/h3-5,7-8,14H,1-2,6,9-13,15H2,(H,24,25).